The highest BCUT2D eigenvalue weighted by Crippen LogP contribution is 2.25. The lowest BCUT2D eigenvalue weighted by Crippen LogP contribution is -2.60. The Labute approximate surface area is 159 Å². The van der Waals surface area contributed by atoms with Gasteiger partial charge in [-0.15, -0.1) is 0 Å². The van der Waals surface area contributed by atoms with Crippen molar-refractivity contribution < 1.29 is 29.2 Å². The Balaban J connectivity index is 1.58. The number of methoxy groups -OCH3 is 1. The van der Waals surface area contributed by atoms with Gasteiger partial charge in [0.25, 0.3) is 0 Å². The minimum atomic E-state index is -1.10. The van der Waals surface area contributed by atoms with Gasteiger partial charge in [-0.1, -0.05) is 60.7 Å². The average Bonchev–Trinajstić information content (AvgIpc) is 2.71. The van der Waals surface area contributed by atoms with Crippen molar-refractivity contribution in [3.63, 3.8) is 0 Å². The van der Waals surface area contributed by atoms with Gasteiger partial charge in [0.1, 0.15) is 24.4 Å². The van der Waals surface area contributed by atoms with Gasteiger partial charge in [-0.2, -0.15) is 0 Å². The van der Waals surface area contributed by atoms with Gasteiger partial charge < -0.3 is 29.2 Å². The molecule has 2 aromatic carbocycles. The molecule has 5 atom stereocenters. The molecule has 6 heteroatoms. The van der Waals surface area contributed by atoms with E-state index in [1.54, 1.807) is 0 Å². The molecule has 2 N–H and O–H groups in total. The predicted octanol–water partition coefficient (Wildman–Crippen LogP) is 1.88. The zero-order chi connectivity index (χ0) is 19.1. The monoisotopic (exact) mass is 374 g/mol. The molecular weight excluding hydrogens is 348 g/mol. The fourth-order valence-corrected chi connectivity index (χ4v) is 3.07. The van der Waals surface area contributed by atoms with Crippen molar-refractivity contribution in [3.8, 4) is 0 Å². The highest BCUT2D eigenvalue weighted by Gasteiger charge is 2.45. The van der Waals surface area contributed by atoms with E-state index in [0.717, 1.165) is 11.1 Å². The Hall–Kier alpha value is -1.80. The summed E-state index contributed by atoms with van der Waals surface area (Å²) in [5.41, 5.74) is 1.98. The molecule has 1 heterocycles. The molecule has 27 heavy (non-hydrogen) atoms. The van der Waals surface area contributed by atoms with E-state index in [1.807, 2.05) is 60.7 Å². The second-order valence-corrected chi connectivity index (χ2v) is 6.52. The van der Waals surface area contributed by atoms with Gasteiger partial charge >= 0.3 is 0 Å². The molecule has 0 aliphatic carbocycles. The van der Waals surface area contributed by atoms with E-state index in [4.69, 9.17) is 18.9 Å². The Morgan fingerprint density at radius 2 is 1.44 bits per heavy atom. The van der Waals surface area contributed by atoms with Gasteiger partial charge in [0, 0.05) is 7.11 Å². The van der Waals surface area contributed by atoms with Crippen LogP contribution in [0.2, 0.25) is 0 Å². The van der Waals surface area contributed by atoms with E-state index in [-0.39, 0.29) is 13.2 Å². The Morgan fingerprint density at radius 3 is 2.04 bits per heavy atom. The molecule has 3 unspecified atom stereocenters. The minimum absolute atomic E-state index is 0.161. The third kappa shape index (κ3) is 5.35. The SMILES string of the molecule is CO[C@@H]1OC(COCc2ccccc2)[C@@H](O)C(OCc2ccccc2)C1O. The number of aliphatic hydroxyl groups excluding tert-OH is 2. The molecule has 1 saturated heterocycles. The molecule has 2 aromatic rings. The number of aliphatic hydroxyl groups is 2. The van der Waals surface area contributed by atoms with E-state index < -0.39 is 30.7 Å². The molecule has 0 spiro atoms. The van der Waals surface area contributed by atoms with Crippen molar-refractivity contribution in [1.82, 2.24) is 0 Å². The Bertz CT molecular complexity index is 665. The van der Waals surface area contributed by atoms with Crippen LogP contribution in [-0.2, 0) is 32.2 Å². The van der Waals surface area contributed by atoms with Gasteiger partial charge in [-0.25, -0.2) is 0 Å². The fraction of sp³-hybridized carbons (Fsp3) is 0.429. The lowest BCUT2D eigenvalue weighted by molar-refractivity contribution is -0.305. The van der Waals surface area contributed by atoms with Crippen molar-refractivity contribution in [2.75, 3.05) is 13.7 Å². The summed E-state index contributed by atoms with van der Waals surface area (Å²) >= 11 is 0. The maximum Gasteiger partial charge on any atom is 0.186 e. The van der Waals surface area contributed by atoms with Crippen molar-refractivity contribution in [3.05, 3.63) is 71.8 Å². The minimum Gasteiger partial charge on any atom is -0.387 e. The molecular formula is C21H26O6. The van der Waals surface area contributed by atoms with Crippen LogP contribution in [0.4, 0.5) is 0 Å². The largest absolute Gasteiger partial charge is 0.387 e. The van der Waals surface area contributed by atoms with E-state index in [9.17, 15) is 10.2 Å². The topological polar surface area (TPSA) is 77.4 Å². The molecule has 3 rings (SSSR count). The normalized spacial score (nSPS) is 28.2. The molecule has 0 bridgehead atoms. The van der Waals surface area contributed by atoms with E-state index in [2.05, 4.69) is 0 Å². The number of benzene rings is 2. The first kappa shape index (κ1) is 19.9. The van der Waals surface area contributed by atoms with Crippen LogP contribution in [0, 0.1) is 0 Å². The van der Waals surface area contributed by atoms with Gasteiger partial charge in [-0.05, 0) is 11.1 Å². The van der Waals surface area contributed by atoms with Gasteiger partial charge in [0.05, 0.1) is 19.8 Å². The lowest BCUT2D eigenvalue weighted by Gasteiger charge is -2.41. The summed E-state index contributed by atoms with van der Waals surface area (Å²) in [6.45, 7) is 0.838. The van der Waals surface area contributed by atoms with Crippen LogP contribution in [0.3, 0.4) is 0 Å². The van der Waals surface area contributed by atoms with Crippen LogP contribution < -0.4 is 0 Å². The van der Waals surface area contributed by atoms with Crippen LogP contribution in [0.25, 0.3) is 0 Å². The summed E-state index contributed by atoms with van der Waals surface area (Å²) in [7, 11) is 1.45. The predicted molar refractivity (Wildman–Crippen MR) is 98.8 cm³/mol. The molecule has 1 aliphatic heterocycles. The summed E-state index contributed by atoms with van der Waals surface area (Å²) in [6, 6.07) is 19.3. The molecule has 6 nitrogen and oxygen atoms in total. The molecule has 0 aromatic heterocycles. The van der Waals surface area contributed by atoms with Crippen molar-refractivity contribution in [1.29, 1.82) is 0 Å². The standard InChI is InChI=1S/C21H26O6/c1-24-21-19(23)20(26-13-16-10-6-3-7-11-16)18(22)17(27-21)14-25-12-15-8-4-2-5-9-15/h2-11,17-23H,12-14H2,1H3/t17?,18-,19?,20?,21-/m1/s1. The third-order valence-electron chi connectivity index (χ3n) is 4.55. The molecule has 0 amide bonds. The van der Waals surface area contributed by atoms with Crippen molar-refractivity contribution in [2.45, 2.75) is 43.9 Å². The molecule has 0 saturated carbocycles. The Morgan fingerprint density at radius 1 is 0.852 bits per heavy atom. The van der Waals surface area contributed by atoms with Gasteiger partial charge in [0.15, 0.2) is 6.29 Å². The highest BCUT2D eigenvalue weighted by molar-refractivity contribution is 5.14. The number of hydrogen-bond acceptors (Lipinski definition) is 6. The summed E-state index contributed by atoms with van der Waals surface area (Å²) in [6.07, 6.45) is -4.53. The van der Waals surface area contributed by atoms with Crippen molar-refractivity contribution in [2.24, 2.45) is 0 Å². The summed E-state index contributed by atoms with van der Waals surface area (Å²) < 4.78 is 22.4. The van der Waals surface area contributed by atoms with E-state index >= 15 is 0 Å². The van der Waals surface area contributed by atoms with Crippen LogP contribution in [0.5, 0.6) is 0 Å². The number of hydrogen-bond donors (Lipinski definition) is 2. The van der Waals surface area contributed by atoms with E-state index in [1.165, 1.54) is 7.11 Å². The summed E-state index contributed by atoms with van der Waals surface area (Å²) in [5, 5.41) is 21.1. The molecule has 1 aliphatic rings. The highest BCUT2D eigenvalue weighted by atomic mass is 16.7. The van der Waals surface area contributed by atoms with Crippen LogP contribution in [-0.4, -0.2) is 54.6 Å². The smallest absolute Gasteiger partial charge is 0.186 e. The first-order chi connectivity index (χ1) is 13.2. The Kier molecular flexibility index (Phi) is 7.34. The van der Waals surface area contributed by atoms with E-state index in [0.29, 0.717) is 6.61 Å². The zero-order valence-electron chi connectivity index (χ0n) is 15.3. The first-order valence-electron chi connectivity index (χ1n) is 9.00. The van der Waals surface area contributed by atoms with Crippen molar-refractivity contribution >= 4 is 0 Å². The summed E-state index contributed by atoms with van der Waals surface area (Å²) in [4.78, 5) is 0. The third-order valence-corrected chi connectivity index (χ3v) is 4.55. The van der Waals surface area contributed by atoms with Crippen LogP contribution in [0.15, 0.2) is 60.7 Å². The number of ether oxygens (including phenoxy) is 4. The van der Waals surface area contributed by atoms with Crippen LogP contribution in [0.1, 0.15) is 11.1 Å². The lowest BCUT2D eigenvalue weighted by atomic mass is 9.99. The van der Waals surface area contributed by atoms with Crippen LogP contribution >= 0.6 is 0 Å². The second kappa shape index (κ2) is 9.94. The molecule has 1 fully saturated rings. The molecule has 0 radical (unpaired) electrons. The maximum absolute atomic E-state index is 10.6. The fourth-order valence-electron chi connectivity index (χ4n) is 3.07. The number of rotatable bonds is 8. The molecule has 146 valence electrons. The quantitative estimate of drug-likeness (QED) is 0.735. The average molecular weight is 374 g/mol. The zero-order valence-corrected chi connectivity index (χ0v) is 15.3. The second-order valence-electron chi connectivity index (χ2n) is 6.52. The van der Waals surface area contributed by atoms with Gasteiger partial charge in [0.2, 0.25) is 0 Å². The summed E-state index contributed by atoms with van der Waals surface area (Å²) in [5.74, 6) is 0. The first-order valence-corrected chi connectivity index (χ1v) is 9.00. The van der Waals surface area contributed by atoms with Gasteiger partial charge in [-0.3, -0.25) is 0 Å². The maximum atomic E-state index is 10.6.